The molecule has 0 aliphatic carbocycles. The van der Waals surface area contributed by atoms with E-state index in [1.54, 1.807) is 48.5 Å². The molecule has 0 spiro atoms. The SMILES string of the molecule is CC(=O)c1ccc(NC(=O)c2cccc(C(=O)N3CCCCC3)c2)cc1. The zero-order chi connectivity index (χ0) is 18.5. The molecule has 1 fully saturated rings. The monoisotopic (exact) mass is 350 g/mol. The van der Waals surface area contributed by atoms with Crippen LogP contribution in [0.15, 0.2) is 48.5 Å². The number of nitrogens with zero attached hydrogens (tertiary/aromatic N) is 1. The van der Waals surface area contributed by atoms with Crippen molar-refractivity contribution in [1.82, 2.24) is 4.90 Å². The molecule has 134 valence electrons. The minimum atomic E-state index is -0.283. The fourth-order valence-electron chi connectivity index (χ4n) is 3.06. The van der Waals surface area contributed by atoms with Crippen molar-refractivity contribution < 1.29 is 14.4 Å². The minimum absolute atomic E-state index is 0.0215. The Hall–Kier alpha value is -2.95. The molecular weight excluding hydrogens is 328 g/mol. The van der Waals surface area contributed by atoms with Gasteiger partial charge < -0.3 is 10.2 Å². The molecule has 2 aromatic carbocycles. The molecule has 1 N–H and O–H groups in total. The van der Waals surface area contributed by atoms with Crippen LogP contribution in [0.5, 0.6) is 0 Å². The van der Waals surface area contributed by atoms with Gasteiger partial charge in [-0.25, -0.2) is 0 Å². The Balaban J connectivity index is 1.71. The summed E-state index contributed by atoms with van der Waals surface area (Å²) in [5.74, 6) is -0.328. The van der Waals surface area contributed by atoms with E-state index >= 15 is 0 Å². The smallest absolute Gasteiger partial charge is 0.255 e. The number of amides is 2. The van der Waals surface area contributed by atoms with Crippen molar-refractivity contribution in [3.05, 3.63) is 65.2 Å². The predicted octanol–water partition coefficient (Wildman–Crippen LogP) is 3.77. The number of carbonyl (C=O) groups excluding carboxylic acids is 3. The standard InChI is InChI=1S/C21H22N2O3/c1-15(24)16-8-10-19(11-9-16)22-20(25)17-6-5-7-18(14-17)21(26)23-12-3-2-4-13-23/h5-11,14H,2-4,12-13H2,1H3,(H,22,25). The number of nitrogens with one attached hydrogen (secondary N) is 1. The zero-order valence-electron chi connectivity index (χ0n) is 14.8. The van der Waals surface area contributed by atoms with Gasteiger partial charge in [0, 0.05) is 35.5 Å². The number of carbonyl (C=O) groups is 3. The van der Waals surface area contributed by atoms with Gasteiger partial charge in [0.1, 0.15) is 0 Å². The summed E-state index contributed by atoms with van der Waals surface area (Å²) in [5, 5.41) is 2.79. The summed E-state index contributed by atoms with van der Waals surface area (Å²) in [5.41, 5.74) is 2.17. The number of ketones is 1. The zero-order valence-corrected chi connectivity index (χ0v) is 14.8. The molecule has 1 aliphatic rings. The Labute approximate surface area is 153 Å². The van der Waals surface area contributed by atoms with E-state index in [1.165, 1.54) is 6.92 Å². The number of anilines is 1. The lowest BCUT2D eigenvalue weighted by atomic mass is 10.1. The lowest BCUT2D eigenvalue weighted by Gasteiger charge is -2.26. The van der Waals surface area contributed by atoms with Crippen LogP contribution in [0.3, 0.4) is 0 Å². The van der Waals surface area contributed by atoms with Crippen molar-refractivity contribution in [3.63, 3.8) is 0 Å². The van der Waals surface area contributed by atoms with Gasteiger partial charge in [0.2, 0.25) is 0 Å². The van der Waals surface area contributed by atoms with Gasteiger partial charge in [-0.05, 0) is 68.7 Å². The molecule has 2 aromatic rings. The van der Waals surface area contributed by atoms with Crippen LogP contribution in [0.25, 0.3) is 0 Å². The van der Waals surface area contributed by atoms with Gasteiger partial charge in [-0.2, -0.15) is 0 Å². The van der Waals surface area contributed by atoms with Gasteiger partial charge >= 0.3 is 0 Å². The number of piperidine rings is 1. The van der Waals surface area contributed by atoms with Gasteiger partial charge in [0.25, 0.3) is 11.8 Å². The third kappa shape index (κ3) is 4.17. The average Bonchev–Trinajstić information content (AvgIpc) is 2.68. The maximum absolute atomic E-state index is 12.6. The Morgan fingerprint density at radius 1 is 0.846 bits per heavy atom. The number of Topliss-reactive ketones (excluding diaryl/α,β-unsaturated/α-hetero) is 1. The lowest BCUT2D eigenvalue weighted by molar-refractivity contribution is 0.0724. The molecule has 0 radical (unpaired) electrons. The van der Waals surface area contributed by atoms with E-state index < -0.39 is 0 Å². The molecule has 1 heterocycles. The summed E-state index contributed by atoms with van der Waals surface area (Å²) in [6.07, 6.45) is 3.22. The van der Waals surface area contributed by atoms with Crippen molar-refractivity contribution in [2.24, 2.45) is 0 Å². The summed E-state index contributed by atoms with van der Waals surface area (Å²) < 4.78 is 0. The maximum atomic E-state index is 12.6. The fraction of sp³-hybridized carbons (Fsp3) is 0.286. The Morgan fingerprint density at radius 3 is 2.15 bits per heavy atom. The molecule has 0 bridgehead atoms. The number of benzene rings is 2. The number of hydrogen-bond donors (Lipinski definition) is 1. The topological polar surface area (TPSA) is 66.5 Å². The molecule has 0 aromatic heterocycles. The van der Waals surface area contributed by atoms with Gasteiger partial charge in [-0.15, -0.1) is 0 Å². The summed E-state index contributed by atoms with van der Waals surface area (Å²) in [6, 6.07) is 13.5. The second-order valence-corrected chi connectivity index (χ2v) is 6.52. The van der Waals surface area contributed by atoms with E-state index in [0.717, 1.165) is 32.4 Å². The summed E-state index contributed by atoms with van der Waals surface area (Å²) in [6.45, 7) is 3.05. The molecule has 3 rings (SSSR count). The van der Waals surface area contributed by atoms with E-state index in [0.29, 0.717) is 22.4 Å². The van der Waals surface area contributed by atoms with Crippen molar-refractivity contribution >= 4 is 23.3 Å². The highest BCUT2D eigenvalue weighted by Gasteiger charge is 2.19. The van der Waals surface area contributed by atoms with E-state index in [1.807, 2.05) is 4.90 Å². The maximum Gasteiger partial charge on any atom is 0.255 e. The van der Waals surface area contributed by atoms with Crippen LogP contribution in [-0.2, 0) is 0 Å². The molecular formula is C21H22N2O3. The first-order chi connectivity index (χ1) is 12.5. The molecule has 0 saturated carbocycles. The van der Waals surface area contributed by atoms with Crippen LogP contribution < -0.4 is 5.32 Å². The first-order valence-electron chi connectivity index (χ1n) is 8.86. The lowest BCUT2D eigenvalue weighted by Crippen LogP contribution is -2.35. The summed E-state index contributed by atoms with van der Waals surface area (Å²) >= 11 is 0. The highest BCUT2D eigenvalue weighted by atomic mass is 16.2. The Kier molecular flexibility index (Phi) is 5.46. The third-order valence-electron chi connectivity index (χ3n) is 4.56. The molecule has 2 amide bonds. The first kappa shape index (κ1) is 17.9. The highest BCUT2D eigenvalue weighted by Crippen LogP contribution is 2.16. The van der Waals surface area contributed by atoms with Crippen LogP contribution in [-0.4, -0.2) is 35.6 Å². The highest BCUT2D eigenvalue weighted by molar-refractivity contribution is 6.06. The van der Waals surface area contributed by atoms with Gasteiger partial charge in [0.15, 0.2) is 5.78 Å². The van der Waals surface area contributed by atoms with Crippen LogP contribution in [0.2, 0.25) is 0 Å². The van der Waals surface area contributed by atoms with Gasteiger partial charge in [-0.1, -0.05) is 6.07 Å². The Bertz CT molecular complexity index is 821. The molecule has 1 aliphatic heterocycles. The molecule has 0 atom stereocenters. The second kappa shape index (κ2) is 7.95. The number of hydrogen-bond acceptors (Lipinski definition) is 3. The molecule has 26 heavy (non-hydrogen) atoms. The predicted molar refractivity (Wildman–Crippen MR) is 101 cm³/mol. The number of likely N-dealkylation sites (tertiary alicyclic amines) is 1. The quantitative estimate of drug-likeness (QED) is 0.854. The molecule has 0 unspecified atom stereocenters. The largest absolute Gasteiger partial charge is 0.339 e. The Morgan fingerprint density at radius 2 is 1.50 bits per heavy atom. The van der Waals surface area contributed by atoms with Crippen molar-refractivity contribution in [1.29, 1.82) is 0 Å². The molecule has 5 heteroatoms. The summed E-state index contributed by atoms with van der Waals surface area (Å²) in [4.78, 5) is 38.2. The van der Waals surface area contributed by atoms with Crippen molar-refractivity contribution in [2.75, 3.05) is 18.4 Å². The molecule has 5 nitrogen and oxygen atoms in total. The van der Waals surface area contributed by atoms with Crippen molar-refractivity contribution in [2.45, 2.75) is 26.2 Å². The van der Waals surface area contributed by atoms with Crippen molar-refractivity contribution in [3.8, 4) is 0 Å². The van der Waals surface area contributed by atoms with Crippen LogP contribution in [0.1, 0.15) is 57.3 Å². The second-order valence-electron chi connectivity index (χ2n) is 6.52. The van der Waals surface area contributed by atoms with E-state index in [9.17, 15) is 14.4 Å². The average molecular weight is 350 g/mol. The van der Waals surface area contributed by atoms with E-state index in [4.69, 9.17) is 0 Å². The first-order valence-corrected chi connectivity index (χ1v) is 8.86. The normalized spacial score (nSPS) is 14.0. The minimum Gasteiger partial charge on any atom is -0.339 e. The van der Waals surface area contributed by atoms with Crippen LogP contribution >= 0.6 is 0 Å². The van der Waals surface area contributed by atoms with Gasteiger partial charge in [0.05, 0.1) is 0 Å². The van der Waals surface area contributed by atoms with Crippen LogP contribution in [0.4, 0.5) is 5.69 Å². The van der Waals surface area contributed by atoms with Gasteiger partial charge in [-0.3, -0.25) is 14.4 Å². The van der Waals surface area contributed by atoms with Crippen LogP contribution in [0, 0.1) is 0 Å². The number of rotatable bonds is 4. The van der Waals surface area contributed by atoms with E-state index in [-0.39, 0.29) is 17.6 Å². The molecule has 1 saturated heterocycles. The third-order valence-corrected chi connectivity index (χ3v) is 4.56. The van der Waals surface area contributed by atoms with E-state index in [2.05, 4.69) is 5.32 Å². The summed E-state index contributed by atoms with van der Waals surface area (Å²) in [7, 11) is 0. The fourth-order valence-corrected chi connectivity index (χ4v) is 3.06.